The van der Waals surface area contributed by atoms with Crippen molar-refractivity contribution in [3.8, 4) is 0 Å². The normalized spacial score (nSPS) is 9.38. The number of carbonyl (C=O) groups is 2. The quantitative estimate of drug-likeness (QED) is 0.503. The summed E-state index contributed by atoms with van der Waals surface area (Å²) in [6.07, 6.45) is 4.84. The lowest BCUT2D eigenvalue weighted by Crippen LogP contribution is -2.37. The average Bonchev–Trinajstić information content (AvgIpc) is 2.17. The van der Waals surface area contributed by atoms with Gasteiger partial charge in [0, 0.05) is 13.6 Å². The zero-order valence-corrected chi connectivity index (χ0v) is 8.38. The molecule has 0 aliphatic rings. The molecule has 1 N–H and O–H groups in total. The molecule has 0 spiro atoms. The van der Waals surface area contributed by atoms with Gasteiger partial charge in [0.2, 0.25) is 6.41 Å². The monoisotopic (exact) mass is 186 g/mol. The van der Waals surface area contributed by atoms with Crippen LogP contribution in [0.1, 0.15) is 32.6 Å². The van der Waals surface area contributed by atoms with Crippen LogP contribution in [0, 0.1) is 0 Å². The minimum absolute atomic E-state index is 0.327. The summed E-state index contributed by atoms with van der Waals surface area (Å²) in [6, 6.07) is -0.327. The van der Waals surface area contributed by atoms with E-state index in [2.05, 4.69) is 12.2 Å². The van der Waals surface area contributed by atoms with Crippen LogP contribution >= 0.6 is 0 Å². The molecule has 76 valence electrons. The highest BCUT2D eigenvalue weighted by atomic mass is 16.2. The molecule has 0 rings (SSSR count). The van der Waals surface area contributed by atoms with Gasteiger partial charge in [-0.2, -0.15) is 0 Å². The first-order valence-electron chi connectivity index (χ1n) is 4.69. The number of carbonyl (C=O) groups excluding carboxylic acids is 2. The second-order valence-corrected chi connectivity index (χ2v) is 2.91. The summed E-state index contributed by atoms with van der Waals surface area (Å²) < 4.78 is 0. The minimum Gasteiger partial charge on any atom is -0.341 e. The predicted molar refractivity (Wildman–Crippen MR) is 51.4 cm³/mol. The van der Waals surface area contributed by atoms with Crippen molar-refractivity contribution < 1.29 is 9.59 Å². The van der Waals surface area contributed by atoms with Crippen LogP contribution in [0.15, 0.2) is 0 Å². The number of rotatable bonds is 6. The molecule has 0 saturated carbocycles. The topological polar surface area (TPSA) is 49.4 Å². The SMILES string of the molecule is CCCCCCN(C=O)C(=O)NC. The minimum atomic E-state index is -0.327. The standard InChI is InChI=1S/C9H18N2O2/c1-3-4-5-6-7-11(8-12)9(13)10-2/h8H,3-7H2,1-2H3,(H,10,13). The van der Waals surface area contributed by atoms with Gasteiger partial charge in [-0.25, -0.2) is 4.79 Å². The van der Waals surface area contributed by atoms with Crippen molar-refractivity contribution in [2.45, 2.75) is 32.6 Å². The second kappa shape index (κ2) is 7.58. The van der Waals surface area contributed by atoms with E-state index in [4.69, 9.17) is 0 Å². The molecule has 4 heteroatoms. The predicted octanol–water partition coefficient (Wildman–Crippen LogP) is 1.36. The van der Waals surface area contributed by atoms with E-state index in [-0.39, 0.29) is 6.03 Å². The highest BCUT2D eigenvalue weighted by Crippen LogP contribution is 2.00. The van der Waals surface area contributed by atoms with Crippen molar-refractivity contribution >= 4 is 12.4 Å². The van der Waals surface area contributed by atoms with Crippen molar-refractivity contribution in [1.82, 2.24) is 10.2 Å². The van der Waals surface area contributed by atoms with Crippen LogP contribution in [0.25, 0.3) is 0 Å². The van der Waals surface area contributed by atoms with Crippen LogP contribution in [-0.2, 0) is 4.79 Å². The van der Waals surface area contributed by atoms with E-state index in [0.717, 1.165) is 30.6 Å². The maximum atomic E-state index is 11.0. The van der Waals surface area contributed by atoms with Gasteiger partial charge in [-0.05, 0) is 6.42 Å². The van der Waals surface area contributed by atoms with Gasteiger partial charge in [-0.3, -0.25) is 9.69 Å². The first kappa shape index (κ1) is 11.9. The molecule has 0 bridgehead atoms. The van der Waals surface area contributed by atoms with Gasteiger partial charge in [0.25, 0.3) is 0 Å². The molecule has 0 radical (unpaired) electrons. The molecule has 0 aromatic carbocycles. The molecular weight excluding hydrogens is 168 g/mol. The van der Waals surface area contributed by atoms with Crippen LogP contribution in [0.5, 0.6) is 0 Å². The van der Waals surface area contributed by atoms with Crippen molar-refractivity contribution in [3.63, 3.8) is 0 Å². The lowest BCUT2D eigenvalue weighted by atomic mass is 10.2. The molecule has 0 aliphatic carbocycles. The van der Waals surface area contributed by atoms with Gasteiger partial charge in [-0.1, -0.05) is 26.2 Å². The Balaban J connectivity index is 3.60. The highest BCUT2D eigenvalue weighted by molar-refractivity contribution is 5.84. The van der Waals surface area contributed by atoms with Crippen LogP contribution in [0.3, 0.4) is 0 Å². The average molecular weight is 186 g/mol. The van der Waals surface area contributed by atoms with Crippen molar-refractivity contribution in [2.75, 3.05) is 13.6 Å². The van der Waals surface area contributed by atoms with E-state index < -0.39 is 0 Å². The number of hydrogen-bond acceptors (Lipinski definition) is 2. The van der Waals surface area contributed by atoms with Crippen LogP contribution in [0.2, 0.25) is 0 Å². The number of hydrogen-bond donors (Lipinski definition) is 1. The molecular formula is C9H18N2O2. The van der Waals surface area contributed by atoms with Gasteiger partial charge in [0.05, 0.1) is 0 Å². The molecule has 0 aromatic heterocycles. The molecule has 0 unspecified atom stereocenters. The smallest absolute Gasteiger partial charge is 0.323 e. The van der Waals surface area contributed by atoms with Gasteiger partial charge in [-0.15, -0.1) is 0 Å². The van der Waals surface area contributed by atoms with E-state index in [1.54, 1.807) is 0 Å². The number of amides is 3. The second-order valence-electron chi connectivity index (χ2n) is 2.91. The Morgan fingerprint density at radius 1 is 1.38 bits per heavy atom. The third-order valence-corrected chi connectivity index (χ3v) is 1.85. The molecule has 0 fully saturated rings. The first-order valence-corrected chi connectivity index (χ1v) is 4.69. The molecule has 3 amide bonds. The zero-order valence-electron chi connectivity index (χ0n) is 8.38. The van der Waals surface area contributed by atoms with E-state index in [1.165, 1.54) is 7.05 Å². The Bertz CT molecular complexity index is 160. The molecule has 0 aromatic rings. The Hall–Kier alpha value is -1.06. The summed E-state index contributed by atoms with van der Waals surface area (Å²) in [5.74, 6) is 0. The molecule has 0 heterocycles. The maximum absolute atomic E-state index is 11.0. The summed E-state index contributed by atoms with van der Waals surface area (Å²) in [6.45, 7) is 2.64. The Morgan fingerprint density at radius 2 is 2.08 bits per heavy atom. The lowest BCUT2D eigenvalue weighted by Gasteiger charge is -2.13. The van der Waals surface area contributed by atoms with E-state index in [0.29, 0.717) is 13.0 Å². The Kier molecular flexibility index (Phi) is 6.96. The third-order valence-electron chi connectivity index (χ3n) is 1.85. The van der Waals surface area contributed by atoms with Gasteiger partial charge in [0.15, 0.2) is 0 Å². The van der Waals surface area contributed by atoms with E-state index in [9.17, 15) is 9.59 Å². The number of nitrogens with zero attached hydrogens (tertiary/aromatic N) is 1. The molecule has 0 aliphatic heterocycles. The largest absolute Gasteiger partial charge is 0.341 e. The summed E-state index contributed by atoms with van der Waals surface area (Å²) in [5, 5.41) is 2.41. The Morgan fingerprint density at radius 3 is 2.54 bits per heavy atom. The van der Waals surface area contributed by atoms with Crippen molar-refractivity contribution in [3.05, 3.63) is 0 Å². The summed E-state index contributed by atoms with van der Waals surface area (Å²) in [5.41, 5.74) is 0. The Labute approximate surface area is 79.3 Å². The first-order chi connectivity index (χ1) is 6.26. The fraction of sp³-hybridized carbons (Fsp3) is 0.778. The number of unbranched alkanes of at least 4 members (excludes halogenated alkanes) is 3. The van der Waals surface area contributed by atoms with Crippen molar-refractivity contribution in [1.29, 1.82) is 0 Å². The van der Waals surface area contributed by atoms with Gasteiger partial charge >= 0.3 is 6.03 Å². The fourth-order valence-corrected chi connectivity index (χ4v) is 1.05. The van der Waals surface area contributed by atoms with Crippen molar-refractivity contribution in [2.24, 2.45) is 0 Å². The molecule has 0 atom stereocenters. The van der Waals surface area contributed by atoms with Gasteiger partial charge in [0.1, 0.15) is 0 Å². The van der Waals surface area contributed by atoms with Crippen LogP contribution in [0.4, 0.5) is 4.79 Å². The van der Waals surface area contributed by atoms with E-state index in [1.807, 2.05) is 0 Å². The molecule has 13 heavy (non-hydrogen) atoms. The molecule has 0 saturated heterocycles. The van der Waals surface area contributed by atoms with Gasteiger partial charge < -0.3 is 5.32 Å². The maximum Gasteiger partial charge on any atom is 0.323 e. The third kappa shape index (κ3) is 5.22. The summed E-state index contributed by atoms with van der Waals surface area (Å²) in [4.78, 5) is 22.6. The number of imide groups is 1. The molecule has 4 nitrogen and oxygen atoms in total. The zero-order chi connectivity index (χ0) is 10.1. The highest BCUT2D eigenvalue weighted by Gasteiger charge is 2.08. The fourth-order valence-electron chi connectivity index (χ4n) is 1.05. The van der Waals surface area contributed by atoms with Crippen LogP contribution in [-0.4, -0.2) is 30.9 Å². The lowest BCUT2D eigenvalue weighted by molar-refractivity contribution is -0.115. The summed E-state index contributed by atoms with van der Waals surface area (Å²) in [7, 11) is 1.52. The van der Waals surface area contributed by atoms with Crippen LogP contribution < -0.4 is 5.32 Å². The number of nitrogens with one attached hydrogen (secondary N) is 1. The van der Waals surface area contributed by atoms with E-state index >= 15 is 0 Å². The summed E-state index contributed by atoms with van der Waals surface area (Å²) >= 11 is 0. The number of urea groups is 1.